The molecule has 2 aromatic carbocycles. The van der Waals surface area contributed by atoms with Crippen molar-refractivity contribution in [2.24, 2.45) is 0 Å². The van der Waals surface area contributed by atoms with Crippen molar-refractivity contribution >= 4 is 17.5 Å². The van der Waals surface area contributed by atoms with Crippen LogP contribution in [0, 0.1) is 20.8 Å². The number of anilines is 1. The van der Waals surface area contributed by atoms with Gasteiger partial charge >= 0.3 is 0 Å². The Labute approximate surface area is 183 Å². The molecule has 6 heteroatoms. The van der Waals surface area contributed by atoms with Gasteiger partial charge in [-0.1, -0.05) is 54.1 Å². The predicted molar refractivity (Wildman–Crippen MR) is 123 cm³/mol. The number of amides is 2. The second kappa shape index (κ2) is 10.5. The van der Waals surface area contributed by atoms with Gasteiger partial charge in [-0.05, 0) is 49.6 Å². The summed E-state index contributed by atoms with van der Waals surface area (Å²) < 4.78 is 0. The molecule has 160 valence electrons. The lowest BCUT2D eigenvalue weighted by Crippen LogP contribution is -2.40. The van der Waals surface area contributed by atoms with Crippen LogP contribution >= 0.6 is 0 Å². The van der Waals surface area contributed by atoms with Crippen LogP contribution in [0.15, 0.2) is 66.9 Å². The van der Waals surface area contributed by atoms with Gasteiger partial charge in [-0.3, -0.25) is 19.9 Å². The maximum absolute atomic E-state index is 12.4. The third-order valence-corrected chi connectivity index (χ3v) is 4.97. The van der Waals surface area contributed by atoms with Crippen LogP contribution in [0.4, 0.5) is 5.69 Å². The van der Waals surface area contributed by atoms with Crippen molar-refractivity contribution in [1.29, 1.82) is 0 Å². The average Bonchev–Trinajstić information content (AvgIpc) is 2.76. The number of benzene rings is 2. The van der Waals surface area contributed by atoms with Crippen LogP contribution in [-0.4, -0.2) is 29.9 Å². The van der Waals surface area contributed by atoms with Crippen molar-refractivity contribution in [3.8, 4) is 0 Å². The Kier molecular flexibility index (Phi) is 7.51. The summed E-state index contributed by atoms with van der Waals surface area (Å²) >= 11 is 0. The number of nitrogens with one attached hydrogen (secondary N) is 3. The Balaban J connectivity index is 1.56. The van der Waals surface area contributed by atoms with E-state index in [1.807, 2.05) is 81.4 Å². The number of pyridine rings is 1. The number of aromatic nitrogens is 1. The van der Waals surface area contributed by atoms with E-state index in [2.05, 4.69) is 20.9 Å². The molecule has 0 aliphatic carbocycles. The zero-order valence-electron chi connectivity index (χ0n) is 18.1. The Morgan fingerprint density at radius 2 is 1.55 bits per heavy atom. The minimum absolute atomic E-state index is 0.0615. The van der Waals surface area contributed by atoms with Crippen LogP contribution in [-0.2, 0) is 9.59 Å². The fourth-order valence-corrected chi connectivity index (χ4v) is 3.58. The minimum Gasteiger partial charge on any atom is -0.346 e. The number of hydrogen-bond acceptors (Lipinski definition) is 4. The van der Waals surface area contributed by atoms with Gasteiger partial charge in [0, 0.05) is 11.9 Å². The molecule has 2 amide bonds. The summed E-state index contributed by atoms with van der Waals surface area (Å²) in [6, 6.07) is 19.3. The van der Waals surface area contributed by atoms with Crippen LogP contribution in [0.1, 0.15) is 34.0 Å². The summed E-state index contributed by atoms with van der Waals surface area (Å²) in [5.74, 6) is -0.517. The van der Waals surface area contributed by atoms with Crippen molar-refractivity contribution in [2.45, 2.75) is 26.8 Å². The minimum atomic E-state index is -0.260. The molecule has 1 heterocycles. The zero-order chi connectivity index (χ0) is 22.2. The van der Waals surface area contributed by atoms with Crippen molar-refractivity contribution in [1.82, 2.24) is 15.6 Å². The van der Waals surface area contributed by atoms with Gasteiger partial charge in [-0.25, -0.2) is 0 Å². The average molecular weight is 417 g/mol. The van der Waals surface area contributed by atoms with E-state index in [0.29, 0.717) is 0 Å². The van der Waals surface area contributed by atoms with E-state index in [0.717, 1.165) is 33.6 Å². The molecular weight excluding hydrogens is 388 g/mol. The van der Waals surface area contributed by atoms with Gasteiger partial charge in [0.05, 0.1) is 24.8 Å². The molecule has 0 spiro atoms. The second-order valence-electron chi connectivity index (χ2n) is 7.58. The summed E-state index contributed by atoms with van der Waals surface area (Å²) in [5, 5.41) is 8.81. The van der Waals surface area contributed by atoms with Crippen molar-refractivity contribution < 1.29 is 9.59 Å². The van der Waals surface area contributed by atoms with Crippen LogP contribution in [0.2, 0.25) is 0 Å². The van der Waals surface area contributed by atoms with Gasteiger partial charge in [0.1, 0.15) is 0 Å². The van der Waals surface area contributed by atoms with Crippen molar-refractivity contribution in [3.05, 3.63) is 94.8 Å². The van der Waals surface area contributed by atoms with Crippen LogP contribution in [0.3, 0.4) is 0 Å². The third kappa shape index (κ3) is 6.23. The van der Waals surface area contributed by atoms with Gasteiger partial charge in [-0.15, -0.1) is 0 Å². The van der Waals surface area contributed by atoms with Gasteiger partial charge < -0.3 is 10.6 Å². The number of carbonyl (C=O) groups is 2. The Bertz CT molecular complexity index is 973. The first-order valence-electron chi connectivity index (χ1n) is 10.3. The Hall–Kier alpha value is -3.51. The molecule has 0 aliphatic heterocycles. The lowest BCUT2D eigenvalue weighted by atomic mass is 10.0. The fourth-order valence-electron chi connectivity index (χ4n) is 3.58. The molecule has 31 heavy (non-hydrogen) atoms. The van der Waals surface area contributed by atoms with E-state index in [-0.39, 0.29) is 30.9 Å². The topological polar surface area (TPSA) is 83.1 Å². The highest BCUT2D eigenvalue weighted by Crippen LogP contribution is 2.22. The molecule has 0 radical (unpaired) electrons. The van der Waals surface area contributed by atoms with E-state index in [1.165, 1.54) is 0 Å². The summed E-state index contributed by atoms with van der Waals surface area (Å²) in [6.07, 6.45) is 1.73. The molecule has 0 fully saturated rings. The van der Waals surface area contributed by atoms with E-state index >= 15 is 0 Å². The highest BCUT2D eigenvalue weighted by Gasteiger charge is 2.16. The molecule has 6 nitrogen and oxygen atoms in total. The monoisotopic (exact) mass is 416 g/mol. The summed E-state index contributed by atoms with van der Waals surface area (Å²) in [5.41, 5.74) is 5.77. The largest absolute Gasteiger partial charge is 0.346 e. The van der Waals surface area contributed by atoms with Crippen LogP contribution in [0.25, 0.3) is 0 Å². The maximum atomic E-state index is 12.4. The summed E-state index contributed by atoms with van der Waals surface area (Å²) in [4.78, 5) is 29.1. The molecule has 1 unspecified atom stereocenters. The molecule has 0 saturated carbocycles. The quantitative estimate of drug-likeness (QED) is 0.525. The van der Waals surface area contributed by atoms with Crippen molar-refractivity contribution in [3.63, 3.8) is 0 Å². The highest BCUT2D eigenvalue weighted by atomic mass is 16.2. The normalized spacial score (nSPS) is 11.6. The lowest BCUT2D eigenvalue weighted by Gasteiger charge is -2.19. The number of nitrogens with zero attached hydrogens (tertiary/aromatic N) is 1. The molecule has 1 atom stereocenters. The predicted octanol–water partition coefficient (Wildman–Crippen LogP) is 3.44. The van der Waals surface area contributed by atoms with Gasteiger partial charge in [0.2, 0.25) is 11.8 Å². The summed E-state index contributed by atoms with van der Waals surface area (Å²) in [7, 11) is 0. The molecule has 0 bridgehead atoms. The first-order valence-corrected chi connectivity index (χ1v) is 10.3. The van der Waals surface area contributed by atoms with E-state index in [1.54, 1.807) is 6.20 Å². The Morgan fingerprint density at radius 1 is 0.871 bits per heavy atom. The first kappa shape index (κ1) is 22.2. The lowest BCUT2D eigenvalue weighted by molar-refractivity contribution is -0.123. The van der Waals surface area contributed by atoms with Gasteiger partial charge in [-0.2, -0.15) is 0 Å². The second-order valence-corrected chi connectivity index (χ2v) is 7.58. The van der Waals surface area contributed by atoms with Crippen LogP contribution in [0.5, 0.6) is 0 Å². The number of carbonyl (C=O) groups excluding carboxylic acids is 2. The number of hydrogen-bond donors (Lipinski definition) is 3. The van der Waals surface area contributed by atoms with E-state index < -0.39 is 0 Å². The number of aryl methyl sites for hydroxylation is 3. The standard InChI is InChI=1S/C25H28N4O2/c1-17-13-18(2)24(19(3)14-17)29-23(31)16-27-22(30)15-28-25(20-9-5-4-6-10-20)21-11-7-8-12-26-21/h4-14,25,28H,15-16H2,1-3H3,(H,27,30)(H,29,31). The fraction of sp³-hybridized carbons (Fsp3) is 0.240. The smallest absolute Gasteiger partial charge is 0.243 e. The first-order chi connectivity index (χ1) is 14.9. The Morgan fingerprint density at radius 3 is 2.19 bits per heavy atom. The van der Waals surface area contributed by atoms with Gasteiger partial charge in [0.15, 0.2) is 0 Å². The molecule has 0 saturated heterocycles. The molecule has 3 aromatic rings. The molecule has 3 rings (SSSR count). The molecule has 3 N–H and O–H groups in total. The summed E-state index contributed by atoms with van der Waals surface area (Å²) in [6.45, 7) is 5.91. The molecule has 1 aromatic heterocycles. The van der Waals surface area contributed by atoms with Crippen LogP contribution < -0.4 is 16.0 Å². The highest BCUT2D eigenvalue weighted by molar-refractivity contribution is 5.96. The molecular formula is C25H28N4O2. The zero-order valence-corrected chi connectivity index (χ0v) is 18.1. The van der Waals surface area contributed by atoms with E-state index in [4.69, 9.17) is 0 Å². The third-order valence-electron chi connectivity index (χ3n) is 4.97. The SMILES string of the molecule is Cc1cc(C)c(NC(=O)CNC(=O)CNC(c2ccccc2)c2ccccn2)c(C)c1. The number of rotatable bonds is 8. The van der Waals surface area contributed by atoms with Crippen molar-refractivity contribution in [2.75, 3.05) is 18.4 Å². The van der Waals surface area contributed by atoms with Gasteiger partial charge in [0.25, 0.3) is 0 Å². The van der Waals surface area contributed by atoms with E-state index in [9.17, 15) is 9.59 Å². The molecule has 0 aliphatic rings. The maximum Gasteiger partial charge on any atom is 0.243 e.